The third kappa shape index (κ3) is 5.60. The van der Waals surface area contributed by atoms with Crippen molar-refractivity contribution >= 4 is 74.7 Å². The van der Waals surface area contributed by atoms with Gasteiger partial charge >= 0.3 is 0 Å². The van der Waals surface area contributed by atoms with Crippen LogP contribution >= 0.6 is 11.3 Å². The molecule has 0 spiro atoms. The zero-order valence-corrected chi connectivity index (χ0v) is 32.6. The Labute approximate surface area is 344 Å². The minimum Gasteiger partial charge on any atom is -0.246 e. The van der Waals surface area contributed by atoms with Crippen molar-refractivity contribution in [2.24, 2.45) is 0 Å². The SMILES string of the molecule is c1ccc(-c2nc(-c3ccc(-c4ccc5c6ccccc6c6ccccc6c5c4)cc3)cc(-c3ccc(-c4nc5c6ccccc6sc5c5ccccc45)cc3)n2)cc1. The van der Waals surface area contributed by atoms with Gasteiger partial charge in [-0.3, -0.25) is 0 Å². The van der Waals surface area contributed by atoms with Gasteiger partial charge < -0.3 is 0 Å². The molecular formula is C55H33N3S. The molecule has 0 bridgehead atoms. The summed E-state index contributed by atoms with van der Waals surface area (Å²) < 4.78 is 2.49. The lowest BCUT2D eigenvalue weighted by atomic mass is 9.92. The van der Waals surface area contributed by atoms with E-state index >= 15 is 0 Å². The number of rotatable bonds is 5. The fourth-order valence-corrected chi connectivity index (χ4v) is 9.97. The molecule has 0 aliphatic carbocycles. The molecule has 0 N–H and O–H groups in total. The molecule has 12 rings (SSSR count). The monoisotopic (exact) mass is 767 g/mol. The number of nitrogens with zero attached hydrogens (tertiary/aromatic N) is 3. The molecule has 4 heteroatoms. The third-order valence-corrected chi connectivity index (χ3v) is 12.9. The lowest BCUT2D eigenvalue weighted by molar-refractivity contribution is 1.18. The van der Waals surface area contributed by atoms with Crippen LogP contribution in [0.2, 0.25) is 0 Å². The fourth-order valence-electron chi connectivity index (χ4n) is 8.78. The number of benzene rings is 9. The molecule has 0 atom stereocenters. The minimum atomic E-state index is 0.697. The number of thiophene rings is 1. The van der Waals surface area contributed by atoms with Crippen molar-refractivity contribution in [2.45, 2.75) is 0 Å². The van der Waals surface area contributed by atoms with Gasteiger partial charge in [-0.1, -0.05) is 182 Å². The summed E-state index contributed by atoms with van der Waals surface area (Å²) in [5, 5.41) is 11.3. The predicted molar refractivity (Wildman–Crippen MR) is 250 cm³/mol. The van der Waals surface area contributed by atoms with Crippen LogP contribution < -0.4 is 0 Å². The summed E-state index contributed by atoms with van der Waals surface area (Å²) in [6, 6.07) is 71.4. The summed E-state index contributed by atoms with van der Waals surface area (Å²) in [6.07, 6.45) is 0. The zero-order valence-electron chi connectivity index (χ0n) is 31.8. The molecule has 0 radical (unpaired) electrons. The first kappa shape index (κ1) is 33.6. The molecule has 12 aromatic rings. The lowest BCUT2D eigenvalue weighted by Crippen LogP contribution is -1.96. The van der Waals surface area contributed by atoms with E-state index in [1.165, 1.54) is 58.1 Å². The Morgan fingerprint density at radius 2 is 0.763 bits per heavy atom. The van der Waals surface area contributed by atoms with E-state index in [0.29, 0.717) is 5.82 Å². The highest BCUT2D eigenvalue weighted by Gasteiger charge is 2.17. The van der Waals surface area contributed by atoms with Crippen LogP contribution in [0.5, 0.6) is 0 Å². The molecule has 3 nitrogen and oxygen atoms in total. The average molecular weight is 768 g/mol. The van der Waals surface area contributed by atoms with E-state index in [2.05, 4.69) is 182 Å². The molecule has 9 aromatic carbocycles. The summed E-state index contributed by atoms with van der Waals surface area (Å²) in [5.41, 5.74) is 10.3. The van der Waals surface area contributed by atoms with Crippen LogP contribution in [0.25, 0.3) is 120 Å². The Bertz CT molecular complexity index is 3560. The van der Waals surface area contributed by atoms with E-state index < -0.39 is 0 Å². The number of pyridine rings is 1. The Hall–Kier alpha value is -7.53. The second kappa shape index (κ2) is 13.6. The molecule has 0 fully saturated rings. The summed E-state index contributed by atoms with van der Waals surface area (Å²) in [6.45, 7) is 0. The van der Waals surface area contributed by atoms with Gasteiger partial charge in [0.15, 0.2) is 5.82 Å². The number of aromatic nitrogens is 3. The summed E-state index contributed by atoms with van der Waals surface area (Å²) in [7, 11) is 0. The van der Waals surface area contributed by atoms with Crippen molar-refractivity contribution in [3.05, 3.63) is 200 Å². The van der Waals surface area contributed by atoms with E-state index in [1.807, 2.05) is 29.5 Å². The van der Waals surface area contributed by atoms with Crippen molar-refractivity contribution in [3.63, 3.8) is 0 Å². The molecule has 0 aliphatic rings. The molecule has 0 saturated carbocycles. The largest absolute Gasteiger partial charge is 0.246 e. The highest BCUT2D eigenvalue weighted by atomic mass is 32.1. The lowest BCUT2D eigenvalue weighted by Gasteiger charge is -2.13. The van der Waals surface area contributed by atoms with Crippen molar-refractivity contribution in [2.75, 3.05) is 0 Å². The second-order valence-electron chi connectivity index (χ2n) is 15.1. The Morgan fingerprint density at radius 3 is 1.41 bits per heavy atom. The molecule has 274 valence electrons. The molecule has 0 saturated heterocycles. The van der Waals surface area contributed by atoms with Crippen LogP contribution in [0.15, 0.2) is 200 Å². The van der Waals surface area contributed by atoms with Gasteiger partial charge in [0, 0.05) is 43.1 Å². The van der Waals surface area contributed by atoms with E-state index in [-0.39, 0.29) is 0 Å². The Balaban J connectivity index is 0.936. The summed E-state index contributed by atoms with van der Waals surface area (Å²) >= 11 is 1.82. The molecule has 0 unspecified atom stereocenters. The number of fused-ring (bicyclic) bond motifs is 11. The van der Waals surface area contributed by atoms with Crippen molar-refractivity contribution in [1.82, 2.24) is 15.0 Å². The first-order chi connectivity index (χ1) is 29.2. The maximum atomic E-state index is 5.33. The molecule has 3 heterocycles. The van der Waals surface area contributed by atoms with E-state index in [9.17, 15) is 0 Å². The van der Waals surface area contributed by atoms with E-state index in [1.54, 1.807) is 0 Å². The number of hydrogen-bond acceptors (Lipinski definition) is 4. The highest BCUT2D eigenvalue weighted by Crippen LogP contribution is 2.41. The smallest absolute Gasteiger partial charge is 0.160 e. The Kier molecular flexibility index (Phi) is 7.72. The topological polar surface area (TPSA) is 38.7 Å². The van der Waals surface area contributed by atoms with Gasteiger partial charge in [-0.2, -0.15) is 0 Å². The minimum absolute atomic E-state index is 0.697. The quantitative estimate of drug-likeness (QED) is 0.164. The van der Waals surface area contributed by atoms with Gasteiger partial charge in [-0.05, 0) is 61.6 Å². The molecular weight excluding hydrogens is 735 g/mol. The standard InChI is InChI=1S/C55H33N3S/c1-2-12-38(13-3-1)55-56-49(35-24-22-34(23-25-35)39-30-31-44-42-16-5-4-14-40(42)41-15-6-7-17-43(41)48(44)32-39)33-50(57-55)36-26-28-37(29-27-36)52-45-18-8-9-19-46(45)54-53(58-52)47-20-10-11-21-51(47)59-54/h1-33H. The number of hydrogen-bond donors (Lipinski definition) is 0. The highest BCUT2D eigenvalue weighted by molar-refractivity contribution is 7.26. The maximum absolute atomic E-state index is 5.33. The molecule has 0 aliphatic heterocycles. The van der Waals surface area contributed by atoms with Gasteiger partial charge in [-0.15, -0.1) is 11.3 Å². The van der Waals surface area contributed by atoms with Crippen molar-refractivity contribution < 1.29 is 0 Å². The summed E-state index contributed by atoms with van der Waals surface area (Å²) in [5.74, 6) is 0.697. The molecule has 0 amide bonds. The van der Waals surface area contributed by atoms with Crippen LogP contribution in [0, 0.1) is 0 Å². The summed E-state index contributed by atoms with van der Waals surface area (Å²) in [4.78, 5) is 15.6. The van der Waals surface area contributed by atoms with Crippen LogP contribution in [0.3, 0.4) is 0 Å². The predicted octanol–water partition coefficient (Wildman–Crippen LogP) is 15.2. The fraction of sp³-hybridized carbons (Fsp3) is 0. The van der Waals surface area contributed by atoms with Gasteiger partial charge in [0.2, 0.25) is 0 Å². The normalized spacial score (nSPS) is 11.7. The maximum Gasteiger partial charge on any atom is 0.160 e. The van der Waals surface area contributed by atoms with Gasteiger partial charge in [0.1, 0.15) is 0 Å². The second-order valence-corrected chi connectivity index (χ2v) is 16.2. The first-order valence-electron chi connectivity index (χ1n) is 19.9. The van der Waals surface area contributed by atoms with Gasteiger partial charge in [-0.25, -0.2) is 15.0 Å². The molecule has 3 aromatic heterocycles. The van der Waals surface area contributed by atoms with Crippen molar-refractivity contribution in [3.8, 4) is 56.3 Å². The van der Waals surface area contributed by atoms with Crippen LogP contribution in [-0.4, -0.2) is 15.0 Å². The van der Waals surface area contributed by atoms with Crippen LogP contribution in [-0.2, 0) is 0 Å². The van der Waals surface area contributed by atoms with Crippen LogP contribution in [0.4, 0.5) is 0 Å². The third-order valence-electron chi connectivity index (χ3n) is 11.7. The first-order valence-corrected chi connectivity index (χ1v) is 20.7. The van der Waals surface area contributed by atoms with Gasteiger partial charge in [0.05, 0.1) is 27.3 Å². The van der Waals surface area contributed by atoms with Gasteiger partial charge in [0.25, 0.3) is 0 Å². The zero-order chi connectivity index (χ0) is 38.9. The van der Waals surface area contributed by atoms with E-state index in [4.69, 9.17) is 15.0 Å². The van der Waals surface area contributed by atoms with Crippen molar-refractivity contribution in [1.29, 1.82) is 0 Å². The molecule has 59 heavy (non-hydrogen) atoms. The van der Waals surface area contributed by atoms with E-state index in [0.717, 1.165) is 55.8 Å². The average Bonchev–Trinajstić information content (AvgIpc) is 3.70. The van der Waals surface area contributed by atoms with Crippen LogP contribution in [0.1, 0.15) is 0 Å². The Morgan fingerprint density at radius 1 is 0.288 bits per heavy atom.